The van der Waals surface area contributed by atoms with Crippen LogP contribution in [0, 0.1) is 5.92 Å². The number of piperidine rings is 1. The van der Waals surface area contributed by atoms with Crippen LogP contribution in [-0.2, 0) is 11.5 Å². The fraction of sp³-hybridized carbons (Fsp3) is 0.316. The van der Waals surface area contributed by atoms with Crippen LogP contribution in [0.15, 0.2) is 56.3 Å². The third kappa shape index (κ3) is 3.96. The number of hydrogen-bond donors (Lipinski definition) is 1. The maximum atomic E-state index is 12.6. The molecule has 3 heterocycles. The molecule has 7 nitrogen and oxygen atoms in total. The molecule has 0 spiro atoms. The number of benzene rings is 1. The topological polar surface area (TPSA) is 80.4 Å². The van der Waals surface area contributed by atoms with Crippen molar-refractivity contribution in [2.24, 2.45) is 5.92 Å². The van der Waals surface area contributed by atoms with E-state index in [1.54, 1.807) is 22.9 Å². The van der Waals surface area contributed by atoms with Crippen molar-refractivity contribution in [1.82, 2.24) is 14.5 Å². The van der Waals surface area contributed by atoms with Crippen LogP contribution in [0.25, 0.3) is 11.1 Å². The lowest BCUT2D eigenvalue weighted by Gasteiger charge is -2.31. The largest absolute Gasteiger partial charge is 0.421 e. The highest BCUT2D eigenvalue weighted by atomic mass is 79.9. The number of halogens is 1. The molecule has 0 saturated carbocycles. The van der Waals surface area contributed by atoms with Gasteiger partial charge in [0.1, 0.15) is 5.82 Å². The molecule has 1 aromatic carbocycles. The summed E-state index contributed by atoms with van der Waals surface area (Å²) in [7, 11) is 0. The molecule has 27 heavy (non-hydrogen) atoms. The molecule has 2 aromatic heterocycles. The molecule has 8 heteroatoms. The number of nitrogens with zero attached hydrogens (tertiary/aromatic N) is 3. The van der Waals surface area contributed by atoms with E-state index in [0.717, 1.165) is 29.4 Å². The van der Waals surface area contributed by atoms with Crippen LogP contribution >= 0.6 is 15.9 Å². The Balaban J connectivity index is 1.44. The summed E-state index contributed by atoms with van der Waals surface area (Å²) in [6, 6.07) is 11.0. The molecule has 0 bridgehead atoms. The van der Waals surface area contributed by atoms with Crippen LogP contribution in [0.4, 0.5) is 5.82 Å². The number of anilines is 1. The molecular weight excluding hydrogens is 412 g/mol. The van der Waals surface area contributed by atoms with Crippen molar-refractivity contribution in [2.75, 3.05) is 18.4 Å². The van der Waals surface area contributed by atoms with Gasteiger partial charge in [-0.2, -0.15) is 0 Å². The van der Waals surface area contributed by atoms with Crippen molar-refractivity contribution in [3.8, 4) is 0 Å². The molecule has 1 atom stereocenters. The van der Waals surface area contributed by atoms with Gasteiger partial charge in [-0.3, -0.25) is 14.3 Å². The SMILES string of the molecule is O=C(Nc1ccc(Br)cn1)[C@H]1CCCN(Cn2c(=O)oc3ccccc32)C1. The Morgan fingerprint density at radius 3 is 2.96 bits per heavy atom. The van der Waals surface area contributed by atoms with E-state index < -0.39 is 0 Å². The summed E-state index contributed by atoms with van der Waals surface area (Å²) in [5.74, 6) is -0.0174. The van der Waals surface area contributed by atoms with Crippen molar-refractivity contribution in [3.63, 3.8) is 0 Å². The lowest BCUT2D eigenvalue weighted by Crippen LogP contribution is -2.42. The summed E-state index contributed by atoms with van der Waals surface area (Å²) in [4.78, 5) is 31.1. The molecule has 0 unspecified atom stereocenters. The fourth-order valence-corrected chi connectivity index (χ4v) is 3.66. The smallest absolute Gasteiger partial charge is 0.408 e. The first-order valence-electron chi connectivity index (χ1n) is 8.83. The fourth-order valence-electron chi connectivity index (χ4n) is 3.42. The number of aromatic nitrogens is 2. The van der Waals surface area contributed by atoms with Gasteiger partial charge >= 0.3 is 5.76 Å². The van der Waals surface area contributed by atoms with Gasteiger partial charge in [0.25, 0.3) is 0 Å². The van der Waals surface area contributed by atoms with E-state index in [2.05, 4.69) is 31.1 Å². The van der Waals surface area contributed by atoms with Crippen LogP contribution in [0.1, 0.15) is 12.8 Å². The molecule has 4 rings (SSSR count). The molecule has 140 valence electrons. The van der Waals surface area contributed by atoms with E-state index in [4.69, 9.17) is 4.42 Å². The molecule has 1 saturated heterocycles. The number of oxazole rings is 1. The minimum atomic E-state index is -0.373. The van der Waals surface area contributed by atoms with Crippen LogP contribution in [0.3, 0.4) is 0 Å². The number of fused-ring (bicyclic) bond motifs is 1. The quantitative estimate of drug-likeness (QED) is 0.687. The first kappa shape index (κ1) is 17.9. The number of carbonyl (C=O) groups is 1. The third-order valence-electron chi connectivity index (χ3n) is 4.77. The van der Waals surface area contributed by atoms with Crippen LogP contribution in [-0.4, -0.2) is 33.4 Å². The Morgan fingerprint density at radius 1 is 1.30 bits per heavy atom. The lowest BCUT2D eigenvalue weighted by atomic mass is 9.97. The van der Waals surface area contributed by atoms with Crippen molar-refractivity contribution in [2.45, 2.75) is 19.5 Å². The Labute approximate surface area is 164 Å². The van der Waals surface area contributed by atoms with E-state index in [0.29, 0.717) is 24.6 Å². The first-order chi connectivity index (χ1) is 13.1. The molecule has 1 aliphatic rings. The van der Waals surface area contributed by atoms with Gasteiger partial charge < -0.3 is 9.73 Å². The van der Waals surface area contributed by atoms with Gasteiger partial charge in [0.2, 0.25) is 5.91 Å². The molecule has 1 amide bonds. The second-order valence-electron chi connectivity index (χ2n) is 6.67. The van der Waals surface area contributed by atoms with E-state index in [1.807, 2.05) is 24.3 Å². The summed E-state index contributed by atoms with van der Waals surface area (Å²) >= 11 is 3.33. The Hall–Kier alpha value is -2.45. The molecule has 1 aliphatic heterocycles. The van der Waals surface area contributed by atoms with Crippen LogP contribution < -0.4 is 11.1 Å². The summed E-state index contributed by atoms with van der Waals surface area (Å²) in [6.45, 7) is 1.84. The summed E-state index contributed by atoms with van der Waals surface area (Å²) < 4.78 is 7.77. The minimum Gasteiger partial charge on any atom is -0.408 e. The zero-order valence-corrected chi connectivity index (χ0v) is 16.2. The predicted octanol–water partition coefficient (Wildman–Crippen LogP) is 3.06. The monoisotopic (exact) mass is 430 g/mol. The van der Waals surface area contributed by atoms with E-state index in [-0.39, 0.29) is 17.6 Å². The van der Waals surface area contributed by atoms with Gasteiger partial charge in [-0.1, -0.05) is 12.1 Å². The van der Waals surface area contributed by atoms with Gasteiger partial charge in [0.05, 0.1) is 18.1 Å². The van der Waals surface area contributed by atoms with Crippen molar-refractivity contribution in [1.29, 1.82) is 0 Å². The summed E-state index contributed by atoms with van der Waals surface area (Å²) in [6.07, 6.45) is 3.37. The van der Waals surface area contributed by atoms with Gasteiger partial charge in [-0.15, -0.1) is 0 Å². The number of pyridine rings is 1. The number of hydrogen-bond acceptors (Lipinski definition) is 5. The van der Waals surface area contributed by atoms with Crippen LogP contribution in [0.5, 0.6) is 0 Å². The molecular formula is C19H19BrN4O3. The average Bonchev–Trinajstić information content (AvgIpc) is 2.99. The van der Waals surface area contributed by atoms with E-state index >= 15 is 0 Å². The van der Waals surface area contributed by atoms with E-state index in [1.165, 1.54) is 0 Å². The van der Waals surface area contributed by atoms with Crippen molar-refractivity contribution < 1.29 is 9.21 Å². The minimum absolute atomic E-state index is 0.0427. The second-order valence-corrected chi connectivity index (χ2v) is 7.59. The lowest BCUT2D eigenvalue weighted by molar-refractivity contribution is -0.121. The highest BCUT2D eigenvalue weighted by Crippen LogP contribution is 2.20. The average molecular weight is 431 g/mol. The van der Waals surface area contributed by atoms with Crippen LogP contribution in [0.2, 0.25) is 0 Å². The standard InChI is InChI=1S/C19H19BrN4O3/c20-14-7-8-17(21-10-14)22-18(25)13-4-3-9-23(11-13)12-24-15-5-1-2-6-16(15)27-19(24)26/h1-2,5-8,10,13H,3-4,9,11-12H2,(H,21,22,25)/t13-/m0/s1. The molecule has 3 aromatic rings. The van der Waals surface area contributed by atoms with Crippen molar-refractivity contribution >= 4 is 38.8 Å². The summed E-state index contributed by atoms with van der Waals surface area (Å²) in [5, 5.41) is 2.87. The number of para-hydroxylation sites is 2. The first-order valence-corrected chi connectivity index (χ1v) is 9.62. The van der Waals surface area contributed by atoms with Gasteiger partial charge in [0.15, 0.2) is 5.58 Å². The molecule has 0 aliphatic carbocycles. The number of likely N-dealkylation sites (tertiary alicyclic amines) is 1. The molecule has 0 radical (unpaired) electrons. The second kappa shape index (κ2) is 7.66. The Morgan fingerprint density at radius 2 is 2.15 bits per heavy atom. The normalized spacial score (nSPS) is 17.9. The summed E-state index contributed by atoms with van der Waals surface area (Å²) in [5.41, 5.74) is 1.35. The number of rotatable bonds is 4. The Kier molecular flexibility index (Phi) is 5.09. The maximum Gasteiger partial charge on any atom is 0.421 e. The van der Waals surface area contributed by atoms with Crippen molar-refractivity contribution in [3.05, 3.63) is 57.6 Å². The Bertz CT molecular complexity index is 1010. The predicted molar refractivity (Wildman–Crippen MR) is 105 cm³/mol. The van der Waals surface area contributed by atoms with E-state index in [9.17, 15) is 9.59 Å². The molecule has 1 fully saturated rings. The molecule has 1 N–H and O–H groups in total. The maximum absolute atomic E-state index is 12.6. The van der Waals surface area contributed by atoms with Gasteiger partial charge in [-0.05, 0) is 59.6 Å². The number of amides is 1. The highest BCUT2D eigenvalue weighted by molar-refractivity contribution is 9.10. The number of carbonyl (C=O) groups excluding carboxylic acids is 1. The van der Waals surface area contributed by atoms with Gasteiger partial charge in [-0.25, -0.2) is 9.78 Å². The third-order valence-corrected chi connectivity index (χ3v) is 5.24. The zero-order chi connectivity index (χ0) is 18.8. The highest BCUT2D eigenvalue weighted by Gasteiger charge is 2.27. The number of nitrogens with one attached hydrogen (secondary N) is 1. The van der Waals surface area contributed by atoms with Gasteiger partial charge in [0, 0.05) is 17.2 Å². The zero-order valence-electron chi connectivity index (χ0n) is 14.6.